The van der Waals surface area contributed by atoms with Crippen molar-refractivity contribution in [1.82, 2.24) is 4.90 Å². The standard InChI is InChI=1S/C17H18ClNO7S/c1-3-25-12-7-10(6-11(18)15(12)26-9-14(20)21)8-13-16(22)19(4-5-24-2)17(23)27-13/h6-8H,3-5,9H2,1-2H3,(H,20,21)/b13-8+. The van der Waals surface area contributed by atoms with Crippen molar-refractivity contribution in [3.63, 3.8) is 0 Å². The molecule has 0 atom stereocenters. The first-order chi connectivity index (χ1) is 12.9. The van der Waals surface area contributed by atoms with Gasteiger partial charge in [0.2, 0.25) is 0 Å². The lowest BCUT2D eigenvalue weighted by atomic mass is 10.1. The van der Waals surface area contributed by atoms with E-state index in [0.717, 1.165) is 16.7 Å². The monoisotopic (exact) mass is 415 g/mol. The number of carbonyl (C=O) groups is 3. The molecule has 1 N–H and O–H groups in total. The Bertz CT molecular complexity index is 781. The smallest absolute Gasteiger partial charge is 0.341 e. The Labute approximate surface area is 165 Å². The number of amides is 2. The van der Waals surface area contributed by atoms with E-state index in [1.807, 2.05) is 0 Å². The molecule has 1 aromatic carbocycles. The summed E-state index contributed by atoms with van der Waals surface area (Å²) >= 11 is 7.01. The van der Waals surface area contributed by atoms with Gasteiger partial charge in [-0.05, 0) is 42.5 Å². The SMILES string of the molecule is CCOc1cc(/C=C2/SC(=O)N(CCOC)C2=O)cc(Cl)c1OCC(=O)O. The number of ether oxygens (including phenoxy) is 3. The molecule has 0 aromatic heterocycles. The van der Waals surface area contributed by atoms with Crippen LogP contribution < -0.4 is 9.47 Å². The lowest BCUT2D eigenvalue weighted by Crippen LogP contribution is -2.31. The summed E-state index contributed by atoms with van der Waals surface area (Å²) in [4.78, 5) is 36.4. The summed E-state index contributed by atoms with van der Waals surface area (Å²) in [5.74, 6) is -1.22. The summed E-state index contributed by atoms with van der Waals surface area (Å²) in [5, 5.41) is 8.52. The fourth-order valence-corrected chi connectivity index (χ4v) is 3.37. The van der Waals surface area contributed by atoms with Crippen LogP contribution in [0.2, 0.25) is 5.02 Å². The molecule has 1 aromatic rings. The third kappa shape index (κ3) is 5.38. The molecular weight excluding hydrogens is 398 g/mol. The molecule has 0 saturated carbocycles. The van der Waals surface area contributed by atoms with E-state index in [1.54, 1.807) is 13.0 Å². The van der Waals surface area contributed by atoms with Crippen molar-refractivity contribution in [2.24, 2.45) is 0 Å². The molecule has 1 aliphatic rings. The number of benzene rings is 1. The van der Waals surface area contributed by atoms with Gasteiger partial charge in [-0.2, -0.15) is 0 Å². The maximum absolute atomic E-state index is 12.4. The summed E-state index contributed by atoms with van der Waals surface area (Å²) in [6.07, 6.45) is 1.52. The van der Waals surface area contributed by atoms with Crippen LogP contribution in [0.5, 0.6) is 11.5 Å². The maximum Gasteiger partial charge on any atom is 0.341 e. The number of methoxy groups -OCH3 is 1. The highest BCUT2D eigenvalue weighted by atomic mass is 35.5. The second kappa shape index (κ2) is 9.63. The highest BCUT2D eigenvalue weighted by Gasteiger charge is 2.34. The second-order valence-electron chi connectivity index (χ2n) is 5.27. The summed E-state index contributed by atoms with van der Waals surface area (Å²) < 4.78 is 15.5. The summed E-state index contributed by atoms with van der Waals surface area (Å²) in [7, 11) is 1.49. The number of carboxylic acid groups (broad SMARTS) is 1. The van der Waals surface area contributed by atoms with Gasteiger partial charge < -0.3 is 19.3 Å². The molecule has 146 valence electrons. The van der Waals surface area contributed by atoms with E-state index in [2.05, 4.69) is 0 Å². The number of carboxylic acids is 1. The minimum absolute atomic E-state index is 0.103. The Morgan fingerprint density at radius 2 is 2.07 bits per heavy atom. The molecule has 27 heavy (non-hydrogen) atoms. The molecule has 0 bridgehead atoms. The molecule has 0 radical (unpaired) electrons. The quantitative estimate of drug-likeness (QED) is 0.614. The molecule has 0 spiro atoms. The molecule has 0 unspecified atom stereocenters. The largest absolute Gasteiger partial charge is 0.490 e. The molecule has 0 aliphatic carbocycles. The van der Waals surface area contributed by atoms with E-state index in [9.17, 15) is 14.4 Å². The number of halogens is 1. The minimum Gasteiger partial charge on any atom is -0.490 e. The van der Waals surface area contributed by atoms with Gasteiger partial charge in [-0.3, -0.25) is 14.5 Å². The average molecular weight is 416 g/mol. The third-order valence-corrected chi connectivity index (χ3v) is 4.55. The Hall–Kier alpha value is -2.23. The Balaban J connectivity index is 2.30. The molecule has 1 aliphatic heterocycles. The van der Waals surface area contributed by atoms with Gasteiger partial charge in [-0.15, -0.1) is 0 Å². The van der Waals surface area contributed by atoms with Crippen LogP contribution in [0.3, 0.4) is 0 Å². The van der Waals surface area contributed by atoms with Crippen LogP contribution in [0.15, 0.2) is 17.0 Å². The molecular formula is C17H18ClNO7S. The van der Waals surface area contributed by atoms with Crippen LogP contribution in [-0.4, -0.2) is 60.6 Å². The van der Waals surface area contributed by atoms with Crippen LogP contribution in [0.1, 0.15) is 12.5 Å². The number of thioether (sulfide) groups is 1. The zero-order chi connectivity index (χ0) is 20.0. The highest BCUT2D eigenvalue weighted by Crippen LogP contribution is 2.39. The van der Waals surface area contributed by atoms with E-state index in [0.29, 0.717) is 12.2 Å². The Morgan fingerprint density at radius 3 is 2.70 bits per heavy atom. The van der Waals surface area contributed by atoms with Crippen LogP contribution in [0, 0.1) is 0 Å². The van der Waals surface area contributed by atoms with Crippen LogP contribution in [0.25, 0.3) is 6.08 Å². The van der Waals surface area contributed by atoms with Gasteiger partial charge in [0.25, 0.3) is 11.1 Å². The number of carbonyl (C=O) groups excluding carboxylic acids is 2. The van der Waals surface area contributed by atoms with Gasteiger partial charge in [0.15, 0.2) is 18.1 Å². The maximum atomic E-state index is 12.4. The number of aliphatic carboxylic acids is 1. The number of nitrogens with zero attached hydrogens (tertiary/aromatic N) is 1. The van der Waals surface area contributed by atoms with Gasteiger partial charge in [0, 0.05) is 7.11 Å². The van der Waals surface area contributed by atoms with E-state index in [4.69, 9.17) is 30.9 Å². The number of hydrogen-bond acceptors (Lipinski definition) is 7. The van der Waals surface area contributed by atoms with Gasteiger partial charge in [0.1, 0.15) is 0 Å². The van der Waals surface area contributed by atoms with Gasteiger partial charge >= 0.3 is 5.97 Å². The lowest BCUT2D eigenvalue weighted by molar-refractivity contribution is -0.139. The van der Waals surface area contributed by atoms with E-state index >= 15 is 0 Å². The van der Waals surface area contributed by atoms with Crippen molar-refractivity contribution < 1.29 is 33.7 Å². The summed E-state index contributed by atoms with van der Waals surface area (Å²) in [5.41, 5.74) is 0.517. The minimum atomic E-state index is -1.15. The highest BCUT2D eigenvalue weighted by molar-refractivity contribution is 8.18. The zero-order valence-electron chi connectivity index (χ0n) is 14.7. The number of hydrogen-bond donors (Lipinski definition) is 1. The molecule has 8 nitrogen and oxygen atoms in total. The topological polar surface area (TPSA) is 102 Å². The van der Waals surface area contributed by atoms with Crippen molar-refractivity contribution in [2.75, 3.05) is 33.5 Å². The predicted molar refractivity (Wildman–Crippen MR) is 100 cm³/mol. The summed E-state index contributed by atoms with van der Waals surface area (Å²) in [6, 6.07) is 3.07. The van der Waals surface area contributed by atoms with Crippen molar-refractivity contribution in [2.45, 2.75) is 6.92 Å². The van der Waals surface area contributed by atoms with Crippen LogP contribution in [-0.2, 0) is 14.3 Å². The van der Waals surface area contributed by atoms with Crippen LogP contribution >= 0.6 is 23.4 Å². The Morgan fingerprint density at radius 1 is 1.33 bits per heavy atom. The van der Waals surface area contributed by atoms with Gasteiger partial charge in [-0.25, -0.2) is 4.79 Å². The Kier molecular flexibility index (Phi) is 7.52. The molecule has 2 rings (SSSR count). The number of rotatable bonds is 9. The molecule has 1 saturated heterocycles. The predicted octanol–water partition coefficient (Wildman–Crippen LogP) is 2.88. The van der Waals surface area contributed by atoms with Crippen molar-refractivity contribution in [3.05, 3.63) is 27.6 Å². The average Bonchev–Trinajstić information content (AvgIpc) is 2.86. The zero-order valence-corrected chi connectivity index (χ0v) is 16.3. The first kappa shape index (κ1) is 21.1. The first-order valence-electron chi connectivity index (χ1n) is 7.92. The molecule has 2 amide bonds. The van der Waals surface area contributed by atoms with Crippen molar-refractivity contribution in [1.29, 1.82) is 0 Å². The van der Waals surface area contributed by atoms with Crippen molar-refractivity contribution in [3.8, 4) is 11.5 Å². The molecule has 1 fully saturated rings. The van der Waals surface area contributed by atoms with E-state index in [1.165, 1.54) is 19.3 Å². The van der Waals surface area contributed by atoms with E-state index < -0.39 is 18.5 Å². The van der Waals surface area contributed by atoms with Crippen LogP contribution in [0.4, 0.5) is 4.79 Å². The lowest BCUT2D eigenvalue weighted by Gasteiger charge is -2.13. The molecule has 1 heterocycles. The van der Waals surface area contributed by atoms with Crippen molar-refractivity contribution >= 4 is 46.6 Å². The normalized spacial score (nSPS) is 15.5. The fraction of sp³-hybridized carbons (Fsp3) is 0.353. The second-order valence-corrected chi connectivity index (χ2v) is 6.67. The number of imide groups is 1. The first-order valence-corrected chi connectivity index (χ1v) is 9.12. The summed E-state index contributed by atoms with van der Waals surface area (Å²) in [6.45, 7) is 1.91. The van der Waals surface area contributed by atoms with Gasteiger partial charge in [-0.1, -0.05) is 11.6 Å². The van der Waals surface area contributed by atoms with E-state index in [-0.39, 0.29) is 39.8 Å². The third-order valence-electron chi connectivity index (χ3n) is 3.36. The fourth-order valence-electron chi connectivity index (χ4n) is 2.23. The van der Waals surface area contributed by atoms with Gasteiger partial charge in [0.05, 0.1) is 29.7 Å². The molecule has 10 heteroatoms.